The molecule has 0 amide bonds. The Morgan fingerprint density at radius 3 is 2.74 bits per heavy atom. The van der Waals surface area contributed by atoms with Crippen molar-refractivity contribution in [3.8, 4) is 5.75 Å². The van der Waals surface area contributed by atoms with Crippen LogP contribution in [0.5, 0.6) is 5.75 Å². The van der Waals surface area contributed by atoms with E-state index in [0.717, 1.165) is 37.1 Å². The topological polar surface area (TPSA) is 72.4 Å². The summed E-state index contributed by atoms with van der Waals surface area (Å²) in [6, 6.07) is 5.42. The second kappa shape index (κ2) is 10.8. The zero-order chi connectivity index (χ0) is 19.6. The number of ether oxygens (including phenoxy) is 3. The quantitative estimate of drug-likeness (QED) is 0.292. The van der Waals surface area contributed by atoms with Crippen LogP contribution in [0.15, 0.2) is 23.2 Å². The maximum atomic E-state index is 11.9. The van der Waals surface area contributed by atoms with E-state index in [0.29, 0.717) is 24.5 Å². The smallest absolute Gasteiger partial charge is 0.341 e. The number of likely N-dealkylation sites (N-methyl/N-ethyl adjacent to an activating group) is 1. The number of carbonyl (C=O) groups excluding carboxylic acids is 1. The van der Waals surface area contributed by atoms with Crippen molar-refractivity contribution in [3.05, 3.63) is 29.3 Å². The lowest BCUT2D eigenvalue weighted by Gasteiger charge is -2.22. The van der Waals surface area contributed by atoms with E-state index >= 15 is 0 Å². The van der Waals surface area contributed by atoms with Crippen LogP contribution in [-0.4, -0.2) is 64.4 Å². The van der Waals surface area contributed by atoms with E-state index in [9.17, 15) is 4.79 Å². The Morgan fingerprint density at radius 2 is 2.11 bits per heavy atom. The molecule has 150 valence electrons. The van der Waals surface area contributed by atoms with Gasteiger partial charge in [0, 0.05) is 26.7 Å². The lowest BCUT2D eigenvalue weighted by molar-refractivity contribution is 0.0597. The predicted molar refractivity (Wildman–Crippen MR) is 105 cm³/mol. The third-order valence-corrected chi connectivity index (χ3v) is 4.40. The number of aliphatic imine (C=N–C) groups is 1. The zero-order valence-electron chi connectivity index (χ0n) is 16.8. The van der Waals surface area contributed by atoms with Gasteiger partial charge in [0.15, 0.2) is 5.96 Å². The molecule has 0 unspecified atom stereocenters. The van der Waals surface area contributed by atoms with E-state index in [1.807, 2.05) is 20.0 Å². The Morgan fingerprint density at radius 1 is 1.33 bits per heavy atom. The van der Waals surface area contributed by atoms with Gasteiger partial charge in [0.2, 0.25) is 0 Å². The molecule has 1 saturated carbocycles. The van der Waals surface area contributed by atoms with Crippen molar-refractivity contribution >= 4 is 11.9 Å². The summed E-state index contributed by atoms with van der Waals surface area (Å²) in [5.74, 6) is 1.65. The summed E-state index contributed by atoms with van der Waals surface area (Å²) in [5, 5.41) is 3.29. The fourth-order valence-corrected chi connectivity index (χ4v) is 2.60. The molecule has 1 N–H and O–H groups in total. The van der Waals surface area contributed by atoms with Crippen LogP contribution in [0, 0.1) is 5.92 Å². The monoisotopic (exact) mass is 377 g/mol. The van der Waals surface area contributed by atoms with Crippen molar-refractivity contribution in [2.24, 2.45) is 10.9 Å². The van der Waals surface area contributed by atoms with Gasteiger partial charge in [-0.15, -0.1) is 0 Å². The predicted octanol–water partition coefficient (Wildman–Crippen LogP) is 2.31. The molecule has 1 aromatic rings. The lowest BCUT2D eigenvalue weighted by Crippen LogP contribution is -2.40. The third kappa shape index (κ3) is 6.75. The first-order valence-electron chi connectivity index (χ1n) is 9.41. The highest BCUT2D eigenvalue weighted by Crippen LogP contribution is 2.28. The molecule has 0 heterocycles. The van der Waals surface area contributed by atoms with Crippen LogP contribution >= 0.6 is 0 Å². The molecule has 0 aromatic heterocycles. The van der Waals surface area contributed by atoms with Crippen molar-refractivity contribution in [2.75, 3.05) is 47.6 Å². The van der Waals surface area contributed by atoms with Gasteiger partial charge in [-0.3, -0.25) is 0 Å². The molecular formula is C20H31N3O4. The number of hydrogen-bond donors (Lipinski definition) is 1. The number of nitrogens with one attached hydrogen (secondary N) is 1. The molecule has 1 aliphatic rings. The van der Waals surface area contributed by atoms with Gasteiger partial charge in [0.1, 0.15) is 11.3 Å². The first-order valence-corrected chi connectivity index (χ1v) is 9.41. The number of nitrogens with zero attached hydrogens (tertiary/aromatic N) is 2. The van der Waals surface area contributed by atoms with Gasteiger partial charge >= 0.3 is 5.97 Å². The number of carbonyl (C=O) groups is 1. The molecule has 1 fully saturated rings. The largest absolute Gasteiger partial charge is 0.496 e. The molecule has 1 aliphatic carbocycles. The summed E-state index contributed by atoms with van der Waals surface area (Å²) in [5.41, 5.74) is 1.31. The zero-order valence-corrected chi connectivity index (χ0v) is 16.8. The number of methoxy groups -OCH3 is 2. The second-order valence-corrected chi connectivity index (χ2v) is 6.64. The maximum Gasteiger partial charge on any atom is 0.341 e. The van der Waals surface area contributed by atoms with E-state index in [1.54, 1.807) is 12.1 Å². The third-order valence-electron chi connectivity index (χ3n) is 4.40. The minimum Gasteiger partial charge on any atom is -0.496 e. The van der Waals surface area contributed by atoms with Crippen LogP contribution in [0.3, 0.4) is 0 Å². The molecule has 27 heavy (non-hydrogen) atoms. The maximum absolute atomic E-state index is 11.9. The summed E-state index contributed by atoms with van der Waals surface area (Å²) in [6.07, 6.45) is 2.60. The Balaban J connectivity index is 1.98. The van der Waals surface area contributed by atoms with Crippen molar-refractivity contribution < 1.29 is 19.0 Å². The number of hydrogen-bond acceptors (Lipinski definition) is 5. The van der Waals surface area contributed by atoms with E-state index in [4.69, 9.17) is 14.2 Å². The van der Waals surface area contributed by atoms with E-state index in [-0.39, 0.29) is 0 Å². The van der Waals surface area contributed by atoms with E-state index in [2.05, 4.69) is 15.2 Å². The fraction of sp³-hybridized carbons (Fsp3) is 0.600. The lowest BCUT2D eigenvalue weighted by atomic mass is 10.1. The Hall–Kier alpha value is -2.28. The van der Waals surface area contributed by atoms with Crippen molar-refractivity contribution in [1.82, 2.24) is 10.2 Å². The first kappa shape index (κ1) is 21.0. The molecule has 0 bridgehead atoms. The molecule has 0 aliphatic heterocycles. The minimum absolute atomic E-state index is 0.402. The fourth-order valence-electron chi connectivity index (χ4n) is 2.60. The summed E-state index contributed by atoms with van der Waals surface area (Å²) in [7, 11) is 4.88. The van der Waals surface area contributed by atoms with Crippen molar-refractivity contribution in [2.45, 2.75) is 26.3 Å². The van der Waals surface area contributed by atoms with Crippen LogP contribution in [0.2, 0.25) is 0 Å². The number of esters is 1. The highest BCUT2D eigenvalue weighted by Gasteiger charge is 2.21. The van der Waals surface area contributed by atoms with Gasteiger partial charge in [-0.2, -0.15) is 0 Å². The highest BCUT2D eigenvalue weighted by atomic mass is 16.5. The normalized spacial score (nSPS) is 14.0. The Kier molecular flexibility index (Phi) is 8.39. The minimum atomic E-state index is -0.422. The van der Waals surface area contributed by atoms with Gasteiger partial charge in [-0.1, -0.05) is 6.07 Å². The molecular weight excluding hydrogens is 346 g/mol. The van der Waals surface area contributed by atoms with E-state index < -0.39 is 5.97 Å². The van der Waals surface area contributed by atoms with Gasteiger partial charge in [-0.25, -0.2) is 9.79 Å². The summed E-state index contributed by atoms with van der Waals surface area (Å²) in [4.78, 5) is 18.7. The number of guanidine groups is 1. The van der Waals surface area contributed by atoms with Crippen molar-refractivity contribution in [3.63, 3.8) is 0 Å². The van der Waals surface area contributed by atoms with Crippen LogP contribution in [0.4, 0.5) is 0 Å². The SMILES string of the molecule is CCNC(=NCc1ccc(OC)c(C(=O)OC)c1)N(C)CCOCC1CC1. The number of benzene rings is 1. The molecule has 7 heteroatoms. The molecule has 1 aromatic carbocycles. The Labute approximate surface area is 161 Å². The molecule has 0 spiro atoms. The molecule has 7 nitrogen and oxygen atoms in total. The molecule has 0 radical (unpaired) electrons. The summed E-state index contributed by atoms with van der Waals surface area (Å²) in [6.45, 7) is 5.59. The van der Waals surface area contributed by atoms with Crippen LogP contribution in [-0.2, 0) is 16.0 Å². The molecule has 2 rings (SSSR count). The van der Waals surface area contributed by atoms with Gasteiger partial charge in [-0.05, 0) is 43.4 Å². The van der Waals surface area contributed by atoms with Crippen molar-refractivity contribution in [1.29, 1.82) is 0 Å². The highest BCUT2D eigenvalue weighted by molar-refractivity contribution is 5.92. The number of rotatable bonds is 10. The second-order valence-electron chi connectivity index (χ2n) is 6.64. The average Bonchev–Trinajstić information content (AvgIpc) is 3.51. The summed E-state index contributed by atoms with van der Waals surface area (Å²) < 4.78 is 15.8. The average molecular weight is 377 g/mol. The standard InChI is InChI=1S/C20H31N3O4/c1-5-21-20(23(2)10-11-27-14-15-6-7-15)22-13-16-8-9-18(25-3)17(12-16)19(24)26-4/h8-9,12,15H,5-7,10-11,13-14H2,1-4H3,(H,21,22). The van der Waals surface area contributed by atoms with Crippen LogP contribution in [0.1, 0.15) is 35.7 Å². The molecule has 0 atom stereocenters. The van der Waals surface area contributed by atoms with Crippen LogP contribution < -0.4 is 10.1 Å². The van der Waals surface area contributed by atoms with Gasteiger partial charge in [0.25, 0.3) is 0 Å². The van der Waals surface area contributed by atoms with Gasteiger partial charge in [0.05, 0.1) is 27.4 Å². The molecule has 0 saturated heterocycles. The van der Waals surface area contributed by atoms with E-state index in [1.165, 1.54) is 27.1 Å². The van der Waals surface area contributed by atoms with Gasteiger partial charge < -0.3 is 24.4 Å². The Bertz CT molecular complexity index is 644. The first-order chi connectivity index (χ1) is 13.1. The summed E-state index contributed by atoms with van der Waals surface area (Å²) >= 11 is 0. The van der Waals surface area contributed by atoms with Crippen LogP contribution in [0.25, 0.3) is 0 Å².